The van der Waals surface area contributed by atoms with Crippen LogP contribution in [0.1, 0.15) is 48.9 Å². The molecule has 1 aromatic rings. The Kier molecular flexibility index (Phi) is 6.17. The van der Waals surface area contributed by atoms with Crippen LogP contribution in [-0.4, -0.2) is 51.4 Å². The fourth-order valence-electron chi connectivity index (χ4n) is 6.17. The zero-order valence-corrected chi connectivity index (χ0v) is 18.7. The zero-order chi connectivity index (χ0) is 22.9. The molecule has 3 amide bonds. The minimum atomic E-state index is -0.778. The first-order valence-corrected chi connectivity index (χ1v) is 10.9. The van der Waals surface area contributed by atoms with Gasteiger partial charge in [0.15, 0.2) is 18.1 Å². The summed E-state index contributed by atoms with van der Waals surface area (Å²) in [5.74, 6) is 1.32. The van der Waals surface area contributed by atoms with Gasteiger partial charge in [0.05, 0.1) is 21.3 Å². The van der Waals surface area contributed by atoms with E-state index in [2.05, 4.69) is 10.6 Å². The lowest BCUT2D eigenvalue weighted by molar-refractivity contribution is -0.123. The van der Waals surface area contributed by atoms with E-state index >= 15 is 0 Å². The normalized spacial score (nSPS) is 27.4. The van der Waals surface area contributed by atoms with Crippen molar-refractivity contribution in [2.75, 3.05) is 27.9 Å². The van der Waals surface area contributed by atoms with Crippen molar-refractivity contribution in [3.63, 3.8) is 0 Å². The molecule has 0 aromatic heterocycles. The van der Waals surface area contributed by atoms with Gasteiger partial charge in [-0.15, -0.1) is 0 Å². The van der Waals surface area contributed by atoms with Crippen LogP contribution in [0.3, 0.4) is 0 Å². The standard InChI is InChI=1S/C23H30N2O7/c1-29-17-5-4-16(19(30-2)20(17)31-3)21(27)32-12-18(26)24-22(28)25-23-9-13-6-14(10-23)8-15(7-13)11-23/h4-5,13-15H,6-12H2,1-3H3,(H2,24,25,26,28). The lowest BCUT2D eigenvalue weighted by Gasteiger charge is -2.56. The molecule has 2 N–H and O–H groups in total. The highest BCUT2D eigenvalue weighted by Crippen LogP contribution is 2.55. The summed E-state index contributed by atoms with van der Waals surface area (Å²) in [5.41, 5.74) is -0.126. The van der Waals surface area contributed by atoms with Gasteiger partial charge in [0.25, 0.3) is 5.91 Å². The molecule has 9 nitrogen and oxygen atoms in total. The number of nitrogens with one attached hydrogen (secondary N) is 2. The number of hydrogen-bond donors (Lipinski definition) is 2. The number of benzene rings is 1. The maximum atomic E-state index is 12.5. The Morgan fingerprint density at radius 2 is 1.50 bits per heavy atom. The molecule has 4 saturated carbocycles. The topological polar surface area (TPSA) is 112 Å². The highest BCUT2D eigenvalue weighted by atomic mass is 16.5. The van der Waals surface area contributed by atoms with Gasteiger partial charge in [0.2, 0.25) is 5.75 Å². The zero-order valence-electron chi connectivity index (χ0n) is 18.7. The van der Waals surface area contributed by atoms with Crippen LogP contribution in [0.25, 0.3) is 0 Å². The number of methoxy groups -OCH3 is 3. The molecule has 0 aliphatic heterocycles. The quantitative estimate of drug-likeness (QED) is 0.619. The van der Waals surface area contributed by atoms with E-state index in [0.29, 0.717) is 23.5 Å². The van der Waals surface area contributed by atoms with E-state index in [-0.39, 0.29) is 22.6 Å². The number of urea groups is 1. The Bertz CT molecular complexity index is 879. The number of amides is 3. The van der Waals surface area contributed by atoms with Crippen LogP contribution in [0, 0.1) is 17.8 Å². The van der Waals surface area contributed by atoms with Crippen LogP contribution in [0.2, 0.25) is 0 Å². The van der Waals surface area contributed by atoms with Gasteiger partial charge in [-0.05, 0) is 68.4 Å². The molecule has 4 fully saturated rings. The van der Waals surface area contributed by atoms with Gasteiger partial charge < -0.3 is 24.3 Å². The summed E-state index contributed by atoms with van der Waals surface area (Å²) in [6.07, 6.45) is 6.73. The smallest absolute Gasteiger partial charge is 0.342 e. The number of ether oxygens (including phenoxy) is 4. The number of esters is 1. The first kappa shape index (κ1) is 22.2. The number of carbonyl (C=O) groups is 3. The van der Waals surface area contributed by atoms with E-state index in [9.17, 15) is 14.4 Å². The third-order valence-electron chi connectivity index (χ3n) is 6.93. The summed E-state index contributed by atoms with van der Waals surface area (Å²) in [4.78, 5) is 37.2. The molecule has 0 spiro atoms. The molecule has 9 heteroatoms. The largest absolute Gasteiger partial charge is 0.493 e. The average molecular weight is 447 g/mol. The van der Waals surface area contributed by atoms with Crippen LogP contribution >= 0.6 is 0 Å². The molecule has 4 aliphatic carbocycles. The summed E-state index contributed by atoms with van der Waals surface area (Å²) in [6, 6.07) is 2.47. The molecule has 0 atom stereocenters. The third-order valence-corrected chi connectivity index (χ3v) is 6.93. The molecule has 5 rings (SSSR count). The Hall–Kier alpha value is -2.97. The molecular weight excluding hydrogens is 416 g/mol. The molecule has 0 saturated heterocycles. The first-order chi connectivity index (χ1) is 15.4. The van der Waals surface area contributed by atoms with Crippen LogP contribution < -0.4 is 24.8 Å². The van der Waals surface area contributed by atoms with Crippen molar-refractivity contribution >= 4 is 17.9 Å². The van der Waals surface area contributed by atoms with E-state index in [4.69, 9.17) is 18.9 Å². The Morgan fingerprint density at radius 1 is 0.906 bits per heavy atom. The van der Waals surface area contributed by atoms with Crippen molar-refractivity contribution in [3.05, 3.63) is 17.7 Å². The third kappa shape index (κ3) is 4.33. The van der Waals surface area contributed by atoms with E-state index in [0.717, 1.165) is 19.3 Å². The average Bonchev–Trinajstić information content (AvgIpc) is 2.74. The van der Waals surface area contributed by atoms with Crippen LogP contribution in [-0.2, 0) is 9.53 Å². The number of rotatable bonds is 7. The van der Waals surface area contributed by atoms with Gasteiger partial charge in [-0.25, -0.2) is 9.59 Å². The van der Waals surface area contributed by atoms with Crippen molar-refractivity contribution in [2.45, 2.75) is 44.1 Å². The van der Waals surface area contributed by atoms with Crippen molar-refractivity contribution in [1.82, 2.24) is 10.6 Å². The maximum Gasteiger partial charge on any atom is 0.342 e. The van der Waals surface area contributed by atoms with E-state index in [1.165, 1.54) is 52.7 Å². The minimum Gasteiger partial charge on any atom is -0.493 e. The monoisotopic (exact) mass is 446 g/mol. The summed E-state index contributed by atoms with van der Waals surface area (Å²) in [6.45, 7) is -0.593. The molecule has 174 valence electrons. The predicted octanol–water partition coefficient (Wildman–Crippen LogP) is 2.66. The van der Waals surface area contributed by atoms with Crippen LogP contribution in [0.4, 0.5) is 4.79 Å². The molecular formula is C23H30N2O7. The van der Waals surface area contributed by atoms with Gasteiger partial charge in [-0.2, -0.15) is 0 Å². The lowest BCUT2D eigenvalue weighted by Crippen LogP contribution is -2.62. The predicted molar refractivity (Wildman–Crippen MR) is 114 cm³/mol. The Morgan fingerprint density at radius 3 is 2.03 bits per heavy atom. The van der Waals surface area contributed by atoms with Crippen molar-refractivity contribution in [1.29, 1.82) is 0 Å². The molecule has 0 heterocycles. The van der Waals surface area contributed by atoms with E-state index in [1.54, 1.807) is 0 Å². The van der Waals surface area contributed by atoms with Crippen molar-refractivity contribution in [3.8, 4) is 17.2 Å². The SMILES string of the molecule is COc1ccc(C(=O)OCC(=O)NC(=O)NC23CC4CC(CC(C4)C2)C3)c(OC)c1OC. The van der Waals surface area contributed by atoms with Crippen LogP contribution in [0.5, 0.6) is 17.2 Å². The summed E-state index contributed by atoms with van der Waals surface area (Å²) < 4.78 is 20.8. The minimum absolute atomic E-state index is 0.0796. The van der Waals surface area contributed by atoms with Gasteiger partial charge >= 0.3 is 12.0 Å². The highest BCUT2D eigenvalue weighted by molar-refractivity contribution is 5.98. The molecule has 4 bridgehead atoms. The number of imide groups is 1. The molecule has 32 heavy (non-hydrogen) atoms. The van der Waals surface area contributed by atoms with Gasteiger partial charge in [0.1, 0.15) is 5.56 Å². The van der Waals surface area contributed by atoms with Gasteiger partial charge in [-0.3, -0.25) is 10.1 Å². The van der Waals surface area contributed by atoms with Crippen molar-refractivity contribution < 1.29 is 33.3 Å². The Balaban J connectivity index is 1.31. The lowest BCUT2D eigenvalue weighted by atomic mass is 9.53. The fourth-order valence-corrected chi connectivity index (χ4v) is 6.17. The van der Waals surface area contributed by atoms with Gasteiger partial charge in [0, 0.05) is 5.54 Å². The second-order valence-electron chi connectivity index (χ2n) is 9.16. The van der Waals surface area contributed by atoms with Gasteiger partial charge in [-0.1, -0.05) is 0 Å². The maximum absolute atomic E-state index is 12.5. The molecule has 1 aromatic carbocycles. The number of hydrogen-bond acceptors (Lipinski definition) is 7. The van der Waals surface area contributed by atoms with E-state index in [1.807, 2.05) is 0 Å². The second-order valence-corrected chi connectivity index (χ2v) is 9.16. The second kappa shape index (κ2) is 8.88. The summed E-state index contributed by atoms with van der Waals surface area (Å²) >= 11 is 0. The summed E-state index contributed by atoms with van der Waals surface area (Å²) in [5, 5.41) is 5.35. The van der Waals surface area contributed by atoms with Crippen molar-refractivity contribution in [2.24, 2.45) is 17.8 Å². The van der Waals surface area contributed by atoms with Crippen LogP contribution in [0.15, 0.2) is 12.1 Å². The molecule has 0 unspecified atom stereocenters. The number of carbonyl (C=O) groups excluding carboxylic acids is 3. The summed E-state index contributed by atoms with van der Waals surface area (Å²) in [7, 11) is 4.27. The molecule has 0 radical (unpaired) electrons. The highest BCUT2D eigenvalue weighted by Gasteiger charge is 2.51. The fraction of sp³-hybridized carbons (Fsp3) is 0.609. The first-order valence-electron chi connectivity index (χ1n) is 10.9. The van der Waals surface area contributed by atoms with E-state index < -0.39 is 24.5 Å². The molecule has 4 aliphatic rings. The Labute approximate surface area is 187 Å².